The molecular weight excluding hydrogens is 350 g/mol. The van der Waals surface area contributed by atoms with Gasteiger partial charge in [0.05, 0.1) is 6.10 Å². The van der Waals surface area contributed by atoms with E-state index in [1.807, 2.05) is 12.1 Å². The summed E-state index contributed by atoms with van der Waals surface area (Å²) in [4.78, 5) is 14.6. The van der Waals surface area contributed by atoms with Gasteiger partial charge >= 0.3 is 6.09 Å². The van der Waals surface area contributed by atoms with Gasteiger partial charge < -0.3 is 14.7 Å². The highest BCUT2D eigenvalue weighted by molar-refractivity contribution is 5.79. The molecule has 0 radical (unpaired) electrons. The Balaban J connectivity index is 1.32. The second-order valence-corrected chi connectivity index (χ2v) is 8.75. The highest BCUT2D eigenvalue weighted by Crippen LogP contribution is 2.46. The van der Waals surface area contributed by atoms with Crippen LogP contribution in [0.15, 0.2) is 48.5 Å². The van der Waals surface area contributed by atoms with E-state index >= 15 is 0 Å². The molecular formula is C24H27NO3. The Hall–Kier alpha value is -2.33. The molecule has 5 rings (SSSR count). The van der Waals surface area contributed by atoms with E-state index in [0.29, 0.717) is 13.2 Å². The van der Waals surface area contributed by atoms with Crippen molar-refractivity contribution < 1.29 is 14.6 Å². The molecule has 0 bridgehead atoms. The Bertz CT molecular complexity index is 841. The lowest BCUT2D eigenvalue weighted by Gasteiger charge is -2.42. The van der Waals surface area contributed by atoms with E-state index in [9.17, 15) is 9.90 Å². The van der Waals surface area contributed by atoms with Gasteiger partial charge in [0.15, 0.2) is 0 Å². The number of β-amino-alcohol motifs (C(OH)–C–C–N with tert-alkyl or cyclic N) is 1. The third-order valence-corrected chi connectivity index (χ3v) is 6.88. The van der Waals surface area contributed by atoms with Crippen molar-refractivity contribution in [1.29, 1.82) is 0 Å². The van der Waals surface area contributed by atoms with Gasteiger partial charge in [-0.25, -0.2) is 4.79 Å². The first-order valence-electron chi connectivity index (χ1n) is 10.4. The average Bonchev–Trinajstić information content (AvgIpc) is 3.28. The summed E-state index contributed by atoms with van der Waals surface area (Å²) < 4.78 is 5.81. The van der Waals surface area contributed by atoms with Crippen LogP contribution in [-0.4, -0.2) is 41.9 Å². The predicted octanol–water partition coefficient (Wildman–Crippen LogP) is 4.56. The number of ether oxygens (including phenoxy) is 1. The summed E-state index contributed by atoms with van der Waals surface area (Å²) in [5.74, 6) is 0.0755. The lowest BCUT2D eigenvalue weighted by Crippen LogP contribution is -2.51. The number of carbonyl (C=O) groups excluding carboxylic acids is 1. The maximum absolute atomic E-state index is 12.9. The van der Waals surface area contributed by atoms with Gasteiger partial charge in [-0.1, -0.05) is 61.4 Å². The number of likely N-dealkylation sites (tertiary alicyclic amines) is 1. The molecule has 4 heteroatoms. The number of aliphatic hydroxyl groups is 1. The number of fused-ring (bicyclic) bond motifs is 3. The molecule has 1 spiro atoms. The molecule has 146 valence electrons. The predicted molar refractivity (Wildman–Crippen MR) is 108 cm³/mol. The Morgan fingerprint density at radius 2 is 1.64 bits per heavy atom. The minimum absolute atomic E-state index is 0.0755. The van der Waals surface area contributed by atoms with E-state index < -0.39 is 6.10 Å². The SMILES string of the molecule is O=C(OCC1c2ccccc2-c2ccccc21)N1CC(O)CC2(CCCC2)C1. The van der Waals surface area contributed by atoms with Crippen molar-refractivity contribution in [3.8, 4) is 11.1 Å². The molecule has 1 saturated carbocycles. The van der Waals surface area contributed by atoms with Crippen LogP contribution in [-0.2, 0) is 4.74 Å². The largest absolute Gasteiger partial charge is 0.448 e. The van der Waals surface area contributed by atoms with Crippen molar-refractivity contribution in [1.82, 2.24) is 4.90 Å². The van der Waals surface area contributed by atoms with Gasteiger partial charge in [0.1, 0.15) is 6.61 Å². The molecule has 1 unspecified atom stereocenters. The van der Waals surface area contributed by atoms with Gasteiger partial charge in [-0.15, -0.1) is 0 Å². The Morgan fingerprint density at radius 1 is 1.04 bits per heavy atom. The zero-order valence-electron chi connectivity index (χ0n) is 16.1. The summed E-state index contributed by atoms with van der Waals surface area (Å²) >= 11 is 0. The van der Waals surface area contributed by atoms with Gasteiger partial charge in [0.2, 0.25) is 0 Å². The van der Waals surface area contributed by atoms with Gasteiger partial charge in [0.25, 0.3) is 0 Å². The number of nitrogens with zero attached hydrogens (tertiary/aromatic N) is 1. The van der Waals surface area contributed by atoms with E-state index in [2.05, 4.69) is 36.4 Å². The zero-order chi connectivity index (χ0) is 19.1. The maximum Gasteiger partial charge on any atom is 0.409 e. The smallest absolute Gasteiger partial charge is 0.409 e. The molecule has 2 aromatic carbocycles. The maximum atomic E-state index is 12.9. The molecule has 2 fully saturated rings. The summed E-state index contributed by atoms with van der Waals surface area (Å²) in [5, 5.41) is 10.3. The number of hydrogen-bond acceptors (Lipinski definition) is 3. The molecule has 1 amide bonds. The fraction of sp³-hybridized carbons (Fsp3) is 0.458. The molecule has 1 saturated heterocycles. The average molecular weight is 377 g/mol. The first-order valence-corrected chi connectivity index (χ1v) is 10.4. The molecule has 2 aromatic rings. The number of carbonyl (C=O) groups is 1. The second kappa shape index (κ2) is 6.93. The molecule has 1 atom stereocenters. The number of piperidine rings is 1. The van der Waals surface area contributed by atoms with Crippen LogP contribution in [0.3, 0.4) is 0 Å². The number of aliphatic hydroxyl groups excluding tert-OH is 1. The zero-order valence-corrected chi connectivity index (χ0v) is 16.1. The number of hydrogen-bond donors (Lipinski definition) is 1. The first kappa shape index (κ1) is 17.7. The van der Waals surface area contributed by atoms with Crippen molar-refractivity contribution in [2.24, 2.45) is 5.41 Å². The summed E-state index contributed by atoms with van der Waals surface area (Å²) in [6, 6.07) is 16.7. The Kier molecular flexibility index (Phi) is 4.39. The van der Waals surface area contributed by atoms with Crippen molar-refractivity contribution in [3.05, 3.63) is 59.7 Å². The summed E-state index contributed by atoms with van der Waals surface area (Å²) in [6.07, 6.45) is 4.71. The van der Waals surface area contributed by atoms with Gasteiger partial charge in [-0.2, -0.15) is 0 Å². The minimum Gasteiger partial charge on any atom is -0.448 e. The van der Waals surface area contributed by atoms with Crippen molar-refractivity contribution in [3.63, 3.8) is 0 Å². The van der Waals surface area contributed by atoms with Crippen molar-refractivity contribution >= 4 is 6.09 Å². The third-order valence-electron chi connectivity index (χ3n) is 6.88. The van der Waals surface area contributed by atoms with Crippen LogP contribution < -0.4 is 0 Å². The van der Waals surface area contributed by atoms with Crippen LogP contribution in [0.4, 0.5) is 4.79 Å². The fourth-order valence-electron chi connectivity index (χ4n) is 5.66. The van der Waals surface area contributed by atoms with Gasteiger partial charge in [-0.3, -0.25) is 0 Å². The minimum atomic E-state index is -0.438. The number of rotatable bonds is 2. The quantitative estimate of drug-likeness (QED) is 0.834. The first-order chi connectivity index (χ1) is 13.7. The van der Waals surface area contributed by atoms with Crippen LogP contribution in [0.2, 0.25) is 0 Å². The monoisotopic (exact) mass is 377 g/mol. The van der Waals surface area contributed by atoms with Crippen molar-refractivity contribution in [2.75, 3.05) is 19.7 Å². The standard InChI is InChI=1S/C24H27NO3/c26-17-13-24(11-5-6-12-24)16-25(14-17)23(27)28-15-22-20-9-3-1-7-18(20)19-8-2-4-10-21(19)22/h1-4,7-10,17,22,26H,5-6,11-16H2. The lowest BCUT2D eigenvalue weighted by molar-refractivity contribution is -0.00936. The van der Waals surface area contributed by atoms with Crippen LogP contribution in [0.5, 0.6) is 0 Å². The molecule has 1 N–H and O–H groups in total. The third kappa shape index (κ3) is 3.00. The number of benzene rings is 2. The Labute approximate surface area is 166 Å². The Morgan fingerprint density at radius 3 is 2.29 bits per heavy atom. The van der Waals surface area contributed by atoms with E-state index in [1.165, 1.54) is 35.1 Å². The van der Waals surface area contributed by atoms with Gasteiger partial charge in [0, 0.05) is 19.0 Å². The summed E-state index contributed by atoms with van der Waals surface area (Å²) in [7, 11) is 0. The second-order valence-electron chi connectivity index (χ2n) is 8.75. The lowest BCUT2D eigenvalue weighted by atomic mass is 9.77. The number of amides is 1. The van der Waals surface area contributed by atoms with Crippen LogP contribution in [0.1, 0.15) is 49.1 Å². The van der Waals surface area contributed by atoms with Crippen LogP contribution >= 0.6 is 0 Å². The molecule has 3 aliphatic rings. The molecule has 1 aliphatic heterocycles. The highest BCUT2D eigenvalue weighted by Gasteiger charge is 2.43. The highest BCUT2D eigenvalue weighted by atomic mass is 16.6. The summed E-state index contributed by atoms with van der Waals surface area (Å²) in [6.45, 7) is 1.45. The molecule has 2 aliphatic carbocycles. The van der Waals surface area contributed by atoms with Crippen LogP contribution in [0.25, 0.3) is 11.1 Å². The van der Waals surface area contributed by atoms with E-state index in [4.69, 9.17) is 4.74 Å². The van der Waals surface area contributed by atoms with E-state index in [1.54, 1.807) is 4.90 Å². The summed E-state index contributed by atoms with van der Waals surface area (Å²) in [5.41, 5.74) is 5.02. The van der Waals surface area contributed by atoms with E-state index in [-0.39, 0.29) is 17.4 Å². The van der Waals surface area contributed by atoms with Crippen LogP contribution in [0, 0.1) is 5.41 Å². The van der Waals surface area contributed by atoms with Gasteiger partial charge in [-0.05, 0) is 46.9 Å². The normalized spacial score (nSPS) is 22.9. The van der Waals surface area contributed by atoms with E-state index in [0.717, 1.165) is 25.8 Å². The van der Waals surface area contributed by atoms with Crippen molar-refractivity contribution in [2.45, 2.75) is 44.1 Å². The topological polar surface area (TPSA) is 49.8 Å². The molecule has 0 aromatic heterocycles. The molecule has 28 heavy (non-hydrogen) atoms. The molecule has 4 nitrogen and oxygen atoms in total. The fourth-order valence-corrected chi connectivity index (χ4v) is 5.66. The molecule has 1 heterocycles.